The molecule has 0 atom stereocenters. The third kappa shape index (κ3) is 5.74. The molecule has 2 aromatic carbocycles. The minimum absolute atomic E-state index is 0.178. The Balaban J connectivity index is 1.89. The van der Waals surface area contributed by atoms with E-state index in [0.717, 1.165) is 5.56 Å². The summed E-state index contributed by atoms with van der Waals surface area (Å²) in [7, 11) is 0. The second-order valence-corrected chi connectivity index (χ2v) is 8.10. The van der Waals surface area contributed by atoms with Crippen LogP contribution in [0.2, 0.25) is 5.02 Å². The Morgan fingerprint density at radius 3 is 2.62 bits per heavy atom. The zero-order valence-electron chi connectivity index (χ0n) is 11.9. The second-order valence-electron chi connectivity index (χ2n) is 4.49. The van der Waals surface area contributed by atoms with Crippen molar-refractivity contribution >= 4 is 84.8 Å². The normalized spacial score (nSPS) is 10.8. The van der Waals surface area contributed by atoms with Gasteiger partial charge in [-0.15, -0.1) is 0 Å². The molecule has 2 N–H and O–H groups in total. The second kappa shape index (κ2) is 9.20. The highest BCUT2D eigenvalue weighted by atomic mass is 127. The lowest BCUT2D eigenvalue weighted by atomic mass is 10.2. The van der Waals surface area contributed by atoms with Gasteiger partial charge in [-0.05, 0) is 97.0 Å². The first-order chi connectivity index (χ1) is 11.4. The summed E-state index contributed by atoms with van der Waals surface area (Å²) in [6.07, 6.45) is 1.50. The lowest BCUT2D eigenvalue weighted by Gasteiger charge is -2.07. The van der Waals surface area contributed by atoms with Crippen LogP contribution in [-0.4, -0.2) is 23.8 Å². The number of phenols is 1. The monoisotopic (exact) mass is 634 g/mol. The van der Waals surface area contributed by atoms with Crippen LogP contribution in [-0.2, 0) is 4.79 Å². The number of amides is 1. The SMILES string of the molecule is O=C(COc1ccc(Cl)cc1Br)NN=Cc1cc(I)c(O)c(I)c1. The molecule has 0 bridgehead atoms. The van der Waals surface area contributed by atoms with Gasteiger partial charge in [-0.3, -0.25) is 4.79 Å². The van der Waals surface area contributed by atoms with Gasteiger partial charge in [0.05, 0.1) is 17.8 Å². The summed E-state index contributed by atoms with van der Waals surface area (Å²) in [5.74, 6) is 0.358. The molecule has 0 aliphatic carbocycles. The molecule has 5 nitrogen and oxygen atoms in total. The molecule has 2 rings (SSSR count). The maximum absolute atomic E-state index is 11.7. The minimum atomic E-state index is -0.392. The quantitative estimate of drug-likeness (QED) is 0.288. The van der Waals surface area contributed by atoms with Crippen LogP contribution < -0.4 is 10.2 Å². The third-order valence-electron chi connectivity index (χ3n) is 2.69. The van der Waals surface area contributed by atoms with E-state index >= 15 is 0 Å². The van der Waals surface area contributed by atoms with Crippen molar-refractivity contribution in [1.29, 1.82) is 0 Å². The Morgan fingerprint density at radius 1 is 1.33 bits per heavy atom. The standard InChI is InChI=1S/C15H10BrClI2N2O3/c16-10-5-9(17)1-2-13(10)24-7-14(22)21-20-6-8-3-11(18)15(23)12(19)4-8/h1-6,23H,7H2,(H,21,22). The van der Waals surface area contributed by atoms with Crippen LogP contribution in [0.4, 0.5) is 0 Å². The van der Waals surface area contributed by atoms with E-state index in [1.165, 1.54) is 6.21 Å². The van der Waals surface area contributed by atoms with Gasteiger partial charge >= 0.3 is 0 Å². The average molecular weight is 635 g/mol. The van der Waals surface area contributed by atoms with E-state index in [9.17, 15) is 9.90 Å². The van der Waals surface area contributed by atoms with Crippen LogP contribution in [0.3, 0.4) is 0 Å². The first-order valence-corrected chi connectivity index (χ1v) is 9.77. The van der Waals surface area contributed by atoms with E-state index < -0.39 is 5.91 Å². The Kier molecular flexibility index (Phi) is 7.57. The molecule has 0 aliphatic rings. The summed E-state index contributed by atoms with van der Waals surface area (Å²) in [5, 5.41) is 14.2. The Hall–Kier alpha value is -0.590. The number of hydrazone groups is 1. The van der Waals surface area contributed by atoms with Crippen molar-refractivity contribution in [2.24, 2.45) is 5.10 Å². The van der Waals surface area contributed by atoms with Crippen molar-refractivity contribution in [3.05, 3.63) is 52.5 Å². The zero-order chi connectivity index (χ0) is 17.7. The summed E-state index contributed by atoms with van der Waals surface area (Å²) in [6.45, 7) is -0.178. The van der Waals surface area contributed by atoms with Crippen LogP contribution in [0.25, 0.3) is 0 Å². The number of phenolic OH excluding ortho intramolecular Hbond substituents is 1. The molecule has 0 unspecified atom stereocenters. The maximum atomic E-state index is 11.7. The molecule has 0 fully saturated rings. The number of rotatable bonds is 5. The number of hydrogen-bond acceptors (Lipinski definition) is 4. The highest BCUT2D eigenvalue weighted by molar-refractivity contribution is 14.1. The average Bonchev–Trinajstić information content (AvgIpc) is 2.51. The number of ether oxygens (including phenoxy) is 1. The number of nitrogens with zero attached hydrogens (tertiary/aromatic N) is 1. The molecule has 0 aliphatic heterocycles. The minimum Gasteiger partial charge on any atom is -0.506 e. The predicted molar refractivity (Wildman–Crippen MR) is 114 cm³/mol. The summed E-state index contributed by atoms with van der Waals surface area (Å²) in [5.41, 5.74) is 3.15. The molecule has 0 radical (unpaired) electrons. The van der Waals surface area contributed by atoms with E-state index in [4.69, 9.17) is 16.3 Å². The number of carbonyl (C=O) groups excluding carboxylic acids is 1. The molecular weight excluding hydrogens is 625 g/mol. The van der Waals surface area contributed by atoms with E-state index in [2.05, 4.69) is 26.5 Å². The van der Waals surface area contributed by atoms with Crippen molar-refractivity contribution in [2.45, 2.75) is 0 Å². The highest BCUT2D eigenvalue weighted by Gasteiger charge is 2.06. The van der Waals surface area contributed by atoms with Gasteiger partial charge in [-0.25, -0.2) is 5.43 Å². The van der Waals surface area contributed by atoms with Crippen molar-refractivity contribution in [3.63, 3.8) is 0 Å². The largest absolute Gasteiger partial charge is 0.506 e. The Morgan fingerprint density at radius 2 is 2.00 bits per heavy atom. The molecule has 0 aromatic heterocycles. The molecule has 126 valence electrons. The summed E-state index contributed by atoms with van der Waals surface area (Å²) in [6, 6.07) is 8.54. The van der Waals surface area contributed by atoms with Gasteiger partial charge in [0.2, 0.25) is 0 Å². The van der Waals surface area contributed by atoms with Crippen LogP contribution in [0.1, 0.15) is 5.56 Å². The number of carbonyl (C=O) groups is 1. The van der Waals surface area contributed by atoms with Crippen molar-refractivity contribution in [1.82, 2.24) is 5.43 Å². The number of aromatic hydroxyl groups is 1. The molecule has 2 aromatic rings. The predicted octanol–water partition coefficient (Wildman–Crippen LogP) is 4.55. The fraction of sp³-hybridized carbons (Fsp3) is 0.0667. The summed E-state index contributed by atoms with van der Waals surface area (Å²) in [4.78, 5) is 11.7. The van der Waals surface area contributed by atoms with Gasteiger partial charge in [-0.2, -0.15) is 5.10 Å². The number of benzene rings is 2. The lowest BCUT2D eigenvalue weighted by molar-refractivity contribution is -0.123. The van der Waals surface area contributed by atoms with Gasteiger partial charge in [0, 0.05) is 5.02 Å². The fourth-order valence-electron chi connectivity index (χ4n) is 1.61. The van der Waals surface area contributed by atoms with Crippen LogP contribution in [0.5, 0.6) is 11.5 Å². The summed E-state index contributed by atoms with van der Waals surface area (Å²) < 4.78 is 7.47. The van der Waals surface area contributed by atoms with Crippen LogP contribution in [0, 0.1) is 7.14 Å². The number of halogens is 4. The first-order valence-electron chi connectivity index (χ1n) is 6.44. The molecule has 0 saturated heterocycles. The third-order valence-corrected chi connectivity index (χ3v) is 5.19. The van der Waals surface area contributed by atoms with Crippen molar-refractivity contribution in [2.75, 3.05) is 6.61 Å². The topological polar surface area (TPSA) is 70.9 Å². The van der Waals surface area contributed by atoms with Gasteiger partial charge in [0.1, 0.15) is 11.5 Å². The molecule has 0 spiro atoms. The molecule has 0 saturated carbocycles. The van der Waals surface area contributed by atoms with Gasteiger partial charge in [0.25, 0.3) is 5.91 Å². The Labute approximate surface area is 179 Å². The molecule has 24 heavy (non-hydrogen) atoms. The van der Waals surface area contributed by atoms with Gasteiger partial charge in [0.15, 0.2) is 6.61 Å². The van der Waals surface area contributed by atoms with E-state index in [-0.39, 0.29) is 12.4 Å². The lowest BCUT2D eigenvalue weighted by Crippen LogP contribution is -2.24. The molecular formula is C15H10BrClI2N2O3. The first kappa shape index (κ1) is 19.7. The van der Waals surface area contributed by atoms with E-state index in [1.807, 2.05) is 45.2 Å². The molecule has 1 amide bonds. The fourth-order valence-corrected chi connectivity index (χ4v) is 4.22. The van der Waals surface area contributed by atoms with E-state index in [1.54, 1.807) is 30.3 Å². The van der Waals surface area contributed by atoms with Gasteiger partial charge in [-0.1, -0.05) is 11.6 Å². The molecule has 0 heterocycles. The zero-order valence-corrected chi connectivity index (χ0v) is 18.6. The summed E-state index contributed by atoms with van der Waals surface area (Å²) >= 11 is 13.2. The number of nitrogens with one attached hydrogen (secondary N) is 1. The van der Waals surface area contributed by atoms with Gasteiger partial charge < -0.3 is 9.84 Å². The molecule has 9 heteroatoms. The van der Waals surface area contributed by atoms with Crippen molar-refractivity contribution < 1.29 is 14.6 Å². The van der Waals surface area contributed by atoms with Crippen molar-refractivity contribution in [3.8, 4) is 11.5 Å². The smallest absolute Gasteiger partial charge is 0.277 e. The van der Waals surface area contributed by atoms with E-state index in [0.29, 0.717) is 22.4 Å². The maximum Gasteiger partial charge on any atom is 0.277 e. The Bertz CT molecular complexity index is 779. The highest BCUT2D eigenvalue weighted by Crippen LogP contribution is 2.28. The van der Waals surface area contributed by atoms with Crippen LogP contribution >= 0.6 is 72.7 Å². The number of hydrogen-bond donors (Lipinski definition) is 2. The van der Waals surface area contributed by atoms with Crippen LogP contribution in [0.15, 0.2) is 39.9 Å².